The van der Waals surface area contributed by atoms with Gasteiger partial charge in [0.05, 0.1) is 23.9 Å². The van der Waals surface area contributed by atoms with Crippen molar-refractivity contribution in [2.75, 3.05) is 39.3 Å². The first-order valence-electron chi connectivity index (χ1n) is 10.3. The molecule has 3 fully saturated rings. The zero-order valence-electron chi connectivity index (χ0n) is 16.1. The van der Waals surface area contributed by atoms with Crippen LogP contribution in [-0.2, 0) is 9.47 Å². The van der Waals surface area contributed by atoms with Gasteiger partial charge in [-0.2, -0.15) is 0 Å². The van der Waals surface area contributed by atoms with Gasteiger partial charge in [0.15, 0.2) is 0 Å². The second-order valence-electron chi connectivity index (χ2n) is 9.03. The van der Waals surface area contributed by atoms with Crippen LogP contribution in [-0.4, -0.2) is 73.0 Å². The Kier molecular flexibility index (Phi) is 6.58. The Morgan fingerprint density at radius 3 is 1.92 bits per heavy atom. The number of hydrogen-bond acceptors (Lipinski definition) is 4. The third-order valence-electron chi connectivity index (χ3n) is 5.67. The first kappa shape index (κ1) is 18.6. The number of piperidine rings is 2. The predicted octanol–water partition coefficient (Wildman–Crippen LogP) is 3.30. The van der Waals surface area contributed by atoms with Crippen molar-refractivity contribution in [3.05, 3.63) is 0 Å². The fourth-order valence-corrected chi connectivity index (χ4v) is 4.23. The lowest BCUT2D eigenvalue weighted by molar-refractivity contribution is -0.167. The first-order valence-corrected chi connectivity index (χ1v) is 10.3. The maximum Gasteiger partial charge on any atom is 0.0631 e. The van der Waals surface area contributed by atoms with Gasteiger partial charge in [-0.15, -0.1) is 0 Å². The quantitative estimate of drug-likeness (QED) is 0.742. The first-order chi connectivity index (χ1) is 11.5. The maximum atomic E-state index is 6.30. The summed E-state index contributed by atoms with van der Waals surface area (Å²) in [6, 6.07) is 0. The summed E-state index contributed by atoms with van der Waals surface area (Å²) < 4.78 is 12.3. The van der Waals surface area contributed by atoms with Crippen molar-refractivity contribution < 1.29 is 9.47 Å². The summed E-state index contributed by atoms with van der Waals surface area (Å²) in [4.78, 5) is 5.29. The van der Waals surface area contributed by atoms with Crippen LogP contribution < -0.4 is 0 Å². The molecule has 2 saturated heterocycles. The minimum atomic E-state index is -0.0185. The van der Waals surface area contributed by atoms with Gasteiger partial charge in [-0.05, 0) is 72.4 Å². The normalized spacial score (nSPS) is 31.1. The summed E-state index contributed by atoms with van der Waals surface area (Å²) in [5, 5.41) is 0. The largest absolute Gasteiger partial charge is 0.375 e. The molecule has 3 aliphatic rings. The fourth-order valence-electron chi connectivity index (χ4n) is 4.23. The average molecular weight is 339 g/mol. The average Bonchev–Trinajstić information content (AvgIpc) is 2.52. The fraction of sp³-hybridized carbons (Fsp3) is 1.00. The molecule has 3 rings (SSSR count). The monoisotopic (exact) mass is 338 g/mol. The van der Waals surface area contributed by atoms with E-state index in [0.29, 0.717) is 18.3 Å². The molecular weight excluding hydrogens is 300 g/mol. The summed E-state index contributed by atoms with van der Waals surface area (Å²) in [7, 11) is 0. The van der Waals surface area contributed by atoms with Crippen LogP contribution >= 0.6 is 0 Å². The van der Waals surface area contributed by atoms with Crippen LogP contribution in [0.1, 0.15) is 65.7 Å². The summed E-state index contributed by atoms with van der Waals surface area (Å²) in [5.74, 6) is 0. The number of likely N-dealkylation sites (tertiary alicyclic amines) is 2. The highest BCUT2D eigenvalue weighted by molar-refractivity contribution is 4.85. The number of rotatable bonds is 6. The van der Waals surface area contributed by atoms with E-state index in [1.54, 1.807) is 0 Å². The van der Waals surface area contributed by atoms with Gasteiger partial charge in [0.2, 0.25) is 0 Å². The highest BCUT2D eigenvalue weighted by Gasteiger charge is 2.35. The molecule has 0 atom stereocenters. The van der Waals surface area contributed by atoms with E-state index >= 15 is 0 Å². The highest BCUT2D eigenvalue weighted by Crippen LogP contribution is 2.32. The molecule has 2 heterocycles. The van der Waals surface area contributed by atoms with Crippen LogP contribution in [0, 0.1) is 0 Å². The Morgan fingerprint density at radius 1 is 0.750 bits per heavy atom. The van der Waals surface area contributed by atoms with Crippen molar-refractivity contribution in [3.63, 3.8) is 0 Å². The molecule has 24 heavy (non-hydrogen) atoms. The molecule has 1 saturated carbocycles. The van der Waals surface area contributed by atoms with Crippen LogP contribution in [0.25, 0.3) is 0 Å². The van der Waals surface area contributed by atoms with E-state index in [-0.39, 0.29) is 5.60 Å². The minimum Gasteiger partial charge on any atom is -0.375 e. The zero-order valence-corrected chi connectivity index (χ0v) is 16.1. The molecule has 0 unspecified atom stereocenters. The van der Waals surface area contributed by atoms with Gasteiger partial charge in [-0.3, -0.25) is 0 Å². The molecule has 0 N–H and O–H groups in total. The summed E-state index contributed by atoms with van der Waals surface area (Å²) in [6.45, 7) is 14.0. The third kappa shape index (κ3) is 5.98. The lowest BCUT2D eigenvalue weighted by atomic mass is 9.90. The molecule has 140 valence electrons. The Balaban J connectivity index is 1.25. The smallest absolute Gasteiger partial charge is 0.0631 e. The van der Waals surface area contributed by atoms with Crippen LogP contribution in [0.15, 0.2) is 0 Å². The molecule has 4 heteroatoms. The van der Waals surface area contributed by atoms with E-state index < -0.39 is 0 Å². The molecule has 0 aromatic rings. The molecular formula is C20H38N2O2. The van der Waals surface area contributed by atoms with E-state index in [4.69, 9.17) is 9.47 Å². The van der Waals surface area contributed by atoms with Gasteiger partial charge in [0, 0.05) is 26.2 Å². The minimum absolute atomic E-state index is 0.0185. The van der Waals surface area contributed by atoms with E-state index in [0.717, 1.165) is 12.8 Å². The van der Waals surface area contributed by atoms with Crippen molar-refractivity contribution >= 4 is 0 Å². The lowest BCUT2D eigenvalue weighted by Gasteiger charge is -2.42. The number of nitrogens with zero attached hydrogens (tertiary/aromatic N) is 2. The number of hydrogen-bond donors (Lipinski definition) is 0. The van der Waals surface area contributed by atoms with Crippen molar-refractivity contribution in [2.24, 2.45) is 0 Å². The SMILES string of the molecule is CC(C)(C)O[C@H]1C[C@H](OC2CCN(CCN3CCCCC3)CC2)C1. The lowest BCUT2D eigenvalue weighted by Crippen LogP contribution is -2.46. The van der Waals surface area contributed by atoms with Crippen molar-refractivity contribution in [1.29, 1.82) is 0 Å². The Labute approximate surface area is 148 Å². The van der Waals surface area contributed by atoms with Crippen LogP contribution in [0.2, 0.25) is 0 Å². The van der Waals surface area contributed by atoms with Crippen molar-refractivity contribution in [1.82, 2.24) is 9.80 Å². The predicted molar refractivity (Wildman–Crippen MR) is 98.5 cm³/mol. The second-order valence-corrected chi connectivity index (χ2v) is 9.03. The van der Waals surface area contributed by atoms with Gasteiger partial charge in [-0.1, -0.05) is 6.42 Å². The van der Waals surface area contributed by atoms with Gasteiger partial charge >= 0.3 is 0 Å². The van der Waals surface area contributed by atoms with Gasteiger partial charge < -0.3 is 19.3 Å². The molecule has 1 aliphatic carbocycles. The second kappa shape index (κ2) is 8.48. The van der Waals surface area contributed by atoms with Gasteiger partial charge in [0.25, 0.3) is 0 Å². The van der Waals surface area contributed by atoms with E-state index in [9.17, 15) is 0 Å². The third-order valence-corrected chi connectivity index (χ3v) is 5.67. The van der Waals surface area contributed by atoms with Gasteiger partial charge in [-0.25, -0.2) is 0 Å². The van der Waals surface area contributed by atoms with Gasteiger partial charge in [0.1, 0.15) is 0 Å². The van der Waals surface area contributed by atoms with Crippen molar-refractivity contribution in [3.8, 4) is 0 Å². The molecule has 4 nitrogen and oxygen atoms in total. The van der Waals surface area contributed by atoms with E-state index in [1.165, 1.54) is 71.4 Å². The van der Waals surface area contributed by atoms with Crippen LogP contribution in [0.3, 0.4) is 0 Å². The molecule has 0 aromatic heterocycles. The van der Waals surface area contributed by atoms with E-state index in [1.807, 2.05) is 0 Å². The molecule has 0 radical (unpaired) electrons. The Hall–Kier alpha value is -0.160. The summed E-state index contributed by atoms with van der Waals surface area (Å²) >= 11 is 0. The highest BCUT2D eigenvalue weighted by atomic mass is 16.5. The van der Waals surface area contributed by atoms with E-state index in [2.05, 4.69) is 30.6 Å². The maximum absolute atomic E-state index is 6.30. The molecule has 0 bridgehead atoms. The summed E-state index contributed by atoms with van der Waals surface area (Å²) in [5.41, 5.74) is -0.0185. The number of ether oxygens (including phenoxy) is 2. The van der Waals surface area contributed by atoms with Crippen LogP contribution in [0.4, 0.5) is 0 Å². The zero-order chi connectivity index (χ0) is 17.0. The summed E-state index contributed by atoms with van der Waals surface area (Å²) in [6.07, 6.45) is 10.2. The molecule has 0 amide bonds. The topological polar surface area (TPSA) is 24.9 Å². The standard InChI is InChI=1S/C20H38N2O2/c1-20(2,3)24-19-15-18(16-19)23-17-7-11-22(12-8-17)14-13-21-9-5-4-6-10-21/h17-19H,4-16H2,1-3H3/t18-,19-. The Morgan fingerprint density at radius 2 is 1.33 bits per heavy atom. The molecule has 2 aliphatic heterocycles. The van der Waals surface area contributed by atoms with Crippen LogP contribution in [0.5, 0.6) is 0 Å². The Bertz CT molecular complexity index is 362. The molecule has 0 spiro atoms. The molecule has 0 aromatic carbocycles. The van der Waals surface area contributed by atoms with Crippen molar-refractivity contribution in [2.45, 2.75) is 89.6 Å².